The van der Waals surface area contributed by atoms with Crippen molar-refractivity contribution >= 4 is 15.9 Å². The zero-order valence-electron chi connectivity index (χ0n) is 12.0. The van der Waals surface area contributed by atoms with E-state index in [2.05, 4.69) is 20.5 Å². The van der Waals surface area contributed by atoms with Gasteiger partial charge in [-0.3, -0.25) is 11.2 Å². The molecule has 0 aromatic carbocycles. The molecule has 4 rings (SSSR count). The number of H-pyrrole nitrogens is 1. The minimum atomic E-state index is -0.779. The van der Waals surface area contributed by atoms with E-state index in [1.165, 1.54) is 25.1 Å². The van der Waals surface area contributed by atoms with Gasteiger partial charge in [0.15, 0.2) is 4.99 Å². The van der Waals surface area contributed by atoms with Crippen molar-refractivity contribution in [1.82, 2.24) is 15.4 Å². The van der Waals surface area contributed by atoms with Gasteiger partial charge in [0.25, 0.3) is 0 Å². The highest BCUT2D eigenvalue weighted by atomic mass is 32.2. The molecular weight excluding hydrogens is 301 g/mol. The second-order valence-electron chi connectivity index (χ2n) is 5.82. The molecule has 2 aliphatic rings. The molecule has 1 aliphatic heterocycles. The van der Waals surface area contributed by atoms with E-state index in [4.69, 9.17) is 5.73 Å². The highest BCUT2D eigenvalue weighted by Crippen LogP contribution is 2.53. The number of hydrogen-bond acceptors (Lipinski definition) is 4. The standard InChI is InChI=1S/C15H18FN5S/c16-13-8-11(5-7-19-13)14-20-21-15(17,12-2-1-6-18-12)22(14)9-10-3-4-10/h1-2,5-8,10,18,21-22H,3-4,9,17H2. The number of nitrogens with two attached hydrogens (primary N) is 1. The van der Waals surface area contributed by atoms with Gasteiger partial charge < -0.3 is 4.98 Å². The summed E-state index contributed by atoms with van der Waals surface area (Å²) in [6.07, 6.45) is 5.83. The van der Waals surface area contributed by atoms with Crippen molar-refractivity contribution < 1.29 is 4.39 Å². The fourth-order valence-corrected chi connectivity index (χ4v) is 5.65. The summed E-state index contributed by atoms with van der Waals surface area (Å²) in [5, 5.41) is 5.35. The first-order valence-electron chi connectivity index (χ1n) is 7.34. The predicted molar refractivity (Wildman–Crippen MR) is 87.1 cm³/mol. The van der Waals surface area contributed by atoms with Crippen molar-refractivity contribution in [3.8, 4) is 0 Å². The van der Waals surface area contributed by atoms with Crippen LogP contribution in [0.2, 0.25) is 0 Å². The van der Waals surface area contributed by atoms with E-state index in [1.54, 1.807) is 6.07 Å². The Morgan fingerprint density at radius 3 is 2.95 bits per heavy atom. The Kier molecular flexibility index (Phi) is 3.19. The Hall–Kier alpha value is -1.86. The molecular formula is C15H18FN5S. The van der Waals surface area contributed by atoms with Gasteiger partial charge in [-0.15, -0.1) is 0 Å². The van der Waals surface area contributed by atoms with Crippen LogP contribution in [0, 0.1) is 11.9 Å². The maximum atomic E-state index is 13.5. The summed E-state index contributed by atoms with van der Waals surface area (Å²) in [4.78, 5) is 6.11. The second-order valence-corrected chi connectivity index (χ2v) is 8.17. The quantitative estimate of drug-likeness (QED) is 0.514. The van der Waals surface area contributed by atoms with Crippen LogP contribution in [0.3, 0.4) is 0 Å². The van der Waals surface area contributed by atoms with E-state index in [-0.39, 0.29) is 0 Å². The van der Waals surface area contributed by atoms with Crippen molar-refractivity contribution in [2.75, 3.05) is 5.75 Å². The minimum absolute atomic E-state index is 0.490. The third-order valence-electron chi connectivity index (χ3n) is 4.14. The van der Waals surface area contributed by atoms with Crippen LogP contribution < -0.4 is 11.2 Å². The lowest BCUT2D eigenvalue weighted by Crippen LogP contribution is -2.46. The lowest BCUT2D eigenvalue weighted by molar-refractivity contribution is 0.519. The van der Waals surface area contributed by atoms with Gasteiger partial charge in [0.05, 0.1) is 5.69 Å². The minimum Gasteiger partial charge on any atom is -0.361 e. The summed E-state index contributed by atoms with van der Waals surface area (Å²) >= 11 is 0. The SMILES string of the molecule is NC1(c2ccc[nH]2)NN=C(c2ccnc(F)c2)[SH]1CC1CC1. The Labute approximate surface area is 130 Å². The number of halogens is 1. The van der Waals surface area contributed by atoms with E-state index in [0.717, 1.165) is 22.1 Å². The molecule has 2 unspecified atom stereocenters. The molecule has 2 atom stereocenters. The molecule has 1 saturated carbocycles. The topological polar surface area (TPSA) is 79.1 Å². The van der Waals surface area contributed by atoms with Crippen LogP contribution in [0.25, 0.3) is 0 Å². The molecule has 1 fully saturated rings. The lowest BCUT2D eigenvalue weighted by Gasteiger charge is -2.34. The molecule has 0 spiro atoms. The zero-order valence-corrected chi connectivity index (χ0v) is 12.9. The van der Waals surface area contributed by atoms with Crippen molar-refractivity contribution in [2.24, 2.45) is 16.8 Å². The lowest BCUT2D eigenvalue weighted by atomic mass is 10.3. The number of hydrogen-bond donors (Lipinski definition) is 4. The van der Waals surface area contributed by atoms with Crippen molar-refractivity contribution in [3.05, 3.63) is 53.9 Å². The van der Waals surface area contributed by atoms with Gasteiger partial charge in [-0.2, -0.15) is 20.4 Å². The number of aromatic amines is 1. The summed E-state index contributed by atoms with van der Waals surface area (Å²) < 4.78 is 13.5. The number of pyridine rings is 1. The molecule has 22 heavy (non-hydrogen) atoms. The molecule has 4 N–H and O–H groups in total. The van der Waals surface area contributed by atoms with Crippen LogP contribution in [-0.2, 0) is 4.99 Å². The number of rotatable bonds is 4. The largest absolute Gasteiger partial charge is 0.361 e. The second kappa shape index (κ2) is 5.10. The van der Waals surface area contributed by atoms with E-state index in [0.29, 0.717) is 5.92 Å². The van der Waals surface area contributed by atoms with Crippen LogP contribution in [-0.4, -0.2) is 20.8 Å². The average Bonchev–Trinajstić information content (AvgIpc) is 3.03. The predicted octanol–water partition coefficient (Wildman–Crippen LogP) is 1.99. The van der Waals surface area contributed by atoms with Gasteiger partial charge in [-0.25, -0.2) is 4.98 Å². The molecule has 0 bridgehead atoms. The molecule has 5 nitrogen and oxygen atoms in total. The van der Waals surface area contributed by atoms with E-state index in [9.17, 15) is 4.39 Å². The summed E-state index contributed by atoms with van der Waals surface area (Å²) in [6.45, 7) is 0. The number of thiol groups is 1. The number of nitrogens with zero attached hydrogens (tertiary/aromatic N) is 2. The van der Waals surface area contributed by atoms with Gasteiger partial charge in [-0.1, -0.05) is 0 Å². The molecule has 0 saturated heterocycles. The first-order chi connectivity index (χ1) is 10.7. The van der Waals surface area contributed by atoms with Gasteiger partial charge in [0, 0.05) is 24.0 Å². The van der Waals surface area contributed by atoms with Gasteiger partial charge >= 0.3 is 0 Å². The van der Waals surface area contributed by atoms with E-state index >= 15 is 0 Å². The maximum absolute atomic E-state index is 13.5. The molecule has 116 valence electrons. The van der Waals surface area contributed by atoms with E-state index in [1.807, 2.05) is 18.3 Å². The summed E-state index contributed by atoms with van der Waals surface area (Å²) in [6, 6.07) is 7.14. The van der Waals surface area contributed by atoms with Crippen LogP contribution in [0.5, 0.6) is 0 Å². The maximum Gasteiger partial charge on any atom is 0.213 e. The molecule has 2 aromatic heterocycles. The van der Waals surface area contributed by atoms with Crippen LogP contribution in [0.1, 0.15) is 24.1 Å². The van der Waals surface area contributed by atoms with Gasteiger partial charge in [-0.05, 0) is 42.7 Å². The van der Waals surface area contributed by atoms with E-state index < -0.39 is 21.8 Å². The number of nitrogens with one attached hydrogen (secondary N) is 2. The van der Waals surface area contributed by atoms with Crippen molar-refractivity contribution in [1.29, 1.82) is 0 Å². The Morgan fingerprint density at radius 2 is 2.27 bits per heavy atom. The van der Waals surface area contributed by atoms with Crippen LogP contribution in [0.15, 0.2) is 41.8 Å². The highest BCUT2D eigenvalue weighted by Gasteiger charge is 2.45. The Bertz CT molecular complexity index is 712. The van der Waals surface area contributed by atoms with Gasteiger partial charge in [0.1, 0.15) is 5.04 Å². The normalized spacial score (nSPS) is 29.2. The highest BCUT2D eigenvalue weighted by molar-refractivity contribution is 8.31. The third-order valence-corrected chi connectivity index (χ3v) is 7.09. The van der Waals surface area contributed by atoms with Crippen molar-refractivity contribution in [3.63, 3.8) is 0 Å². The Morgan fingerprint density at radius 1 is 1.41 bits per heavy atom. The molecule has 2 aromatic rings. The van der Waals surface area contributed by atoms with Crippen molar-refractivity contribution in [2.45, 2.75) is 17.8 Å². The fourth-order valence-electron chi connectivity index (χ4n) is 2.75. The van der Waals surface area contributed by atoms with Crippen LogP contribution >= 0.6 is 10.9 Å². The number of aromatic nitrogens is 2. The Balaban J connectivity index is 1.72. The average molecular weight is 319 g/mol. The molecule has 1 aliphatic carbocycles. The summed E-state index contributed by atoms with van der Waals surface area (Å²) in [5.41, 5.74) is 11.5. The monoisotopic (exact) mass is 319 g/mol. The summed E-state index contributed by atoms with van der Waals surface area (Å²) in [5.74, 6) is 1.23. The van der Waals surface area contributed by atoms with Crippen LogP contribution in [0.4, 0.5) is 4.39 Å². The summed E-state index contributed by atoms with van der Waals surface area (Å²) in [7, 11) is -0.779. The first kappa shape index (κ1) is 13.8. The zero-order chi connectivity index (χ0) is 15.2. The number of hydrazone groups is 1. The molecule has 3 heterocycles. The smallest absolute Gasteiger partial charge is 0.213 e. The van der Waals surface area contributed by atoms with Gasteiger partial charge in [0.2, 0.25) is 5.95 Å². The molecule has 0 radical (unpaired) electrons. The molecule has 7 heteroatoms. The fraction of sp³-hybridized carbons (Fsp3) is 0.333. The third kappa shape index (κ3) is 2.30. The first-order valence-corrected chi connectivity index (χ1v) is 8.87. The molecule has 0 amide bonds.